The Morgan fingerprint density at radius 3 is 2.27 bits per heavy atom. The maximum absolute atomic E-state index is 13.8. The van der Waals surface area contributed by atoms with Crippen LogP contribution in [0.2, 0.25) is 0 Å². The van der Waals surface area contributed by atoms with Crippen molar-refractivity contribution in [2.45, 2.75) is 31.3 Å². The third-order valence-corrected chi connectivity index (χ3v) is 7.67. The van der Waals surface area contributed by atoms with Crippen molar-refractivity contribution in [1.82, 2.24) is 10.2 Å². The van der Waals surface area contributed by atoms with Crippen molar-refractivity contribution in [2.24, 2.45) is 0 Å². The Morgan fingerprint density at radius 2 is 1.68 bits per heavy atom. The van der Waals surface area contributed by atoms with Gasteiger partial charge in [0.1, 0.15) is 24.2 Å². The number of carbonyl (C=O) groups is 2. The molecule has 3 aromatic carbocycles. The third-order valence-electron chi connectivity index (χ3n) is 5.89. The lowest BCUT2D eigenvalue weighted by molar-refractivity contribution is -0.139. The van der Waals surface area contributed by atoms with Gasteiger partial charge in [0, 0.05) is 13.6 Å². The van der Waals surface area contributed by atoms with Crippen LogP contribution in [0, 0.1) is 12.7 Å². The van der Waals surface area contributed by atoms with E-state index < -0.39 is 40.2 Å². The highest BCUT2D eigenvalue weighted by Crippen LogP contribution is 2.33. The van der Waals surface area contributed by atoms with E-state index in [-0.39, 0.29) is 22.9 Å². The van der Waals surface area contributed by atoms with Crippen LogP contribution in [-0.4, -0.2) is 51.9 Å². The summed E-state index contributed by atoms with van der Waals surface area (Å²) in [6.45, 7) is 2.72. The molecule has 10 heteroatoms. The van der Waals surface area contributed by atoms with Crippen LogP contribution in [0.5, 0.6) is 5.75 Å². The smallest absolute Gasteiger partial charge is 0.264 e. The number of carbonyl (C=O) groups excluding carboxylic acids is 2. The predicted octanol–water partition coefficient (Wildman–Crippen LogP) is 3.50. The minimum atomic E-state index is -4.21. The van der Waals surface area contributed by atoms with Crippen molar-refractivity contribution >= 4 is 27.5 Å². The van der Waals surface area contributed by atoms with E-state index in [2.05, 4.69) is 5.32 Å². The zero-order valence-corrected chi connectivity index (χ0v) is 22.0. The van der Waals surface area contributed by atoms with Crippen molar-refractivity contribution in [3.63, 3.8) is 0 Å². The molecule has 0 spiro atoms. The van der Waals surface area contributed by atoms with Crippen LogP contribution in [0.25, 0.3) is 0 Å². The molecular formula is C27H30FN3O5S. The van der Waals surface area contributed by atoms with Gasteiger partial charge in [0.15, 0.2) is 0 Å². The van der Waals surface area contributed by atoms with Crippen LogP contribution in [0.3, 0.4) is 0 Å². The molecule has 0 saturated heterocycles. The molecule has 0 saturated carbocycles. The summed E-state index contributed by atoms with van der Waals surface area (Å²) in [4.78, 5) is 27.5. The second-order valence-electron chi connectivity index (χ2n) is 8.44. The maximum atomic E-state index is 13.8. The fraction of sp³-hybridized carbons (Fsp3) is 0.259. The highest BCUT2D eigenvalue weighted by atomic mass is 32.2. The molecule has 3 aromatic rings. The highest BCUT2D eigenvalue weighted by molar-refractivity contribution is 7.92. The number of benzene rings is 3. The normalized spacial score (nSPS) is 11.9. The summed E-state index contributed by atoms with van der Waals surface area (Å²) in [5, 5.41) is 2.52. The maximum Gasteiger partial charge on any atom is 0.264 e. The number of likely N-dealkylation sites (N-methyl/N-ethyl adjacent to an activating group) is 1. The van der Waals surface area contributed by atoms with Gasteiger partial charge in [-0.25, -0.2) is 12.8 Å². The zero-order valence-electron chi connectivity index (χ0n) is 21.1. The molecule has 0 fully saturated rings. The predicted molar refractivity (Wildman–Crippen MR) is 139 cm³/mol. The van der Waals surface area contributed by atoms with E-state index in [1.54, 1.807) is 50.2 Å². The van der Waals surface area contributed by atoms with E-state index in [9.17, 15) is 22.4 Å². The zero-order chi connectivity index (χ0) is 27.2. The van der Waals surface area contributed by atoms with Gasteiger partial charge in [-0.2, -0.15) is 0 Å². The number of anilines is 1. The van der Waals surface area contributed by atoms with Gasteiger partial charge in [0.25, 0.3) is 10.0 Å². The Balaban J connectivity index is 2.09. The minimum absolute atomic E-state index is 0.00389. The summed E-state index contributed by atoms with van der Waals surface area (Å²) in [5.41, 5.74) is 1.53. The number of hydrogen-bond donors (Lipinski definition) is 1. The number of aryl methyl sites for hydroxylation is 1. The molecule has 0 aliphatic rings. The molecular weight excluding hydrogens is 497 g/mol. The lowest BCUT2D eigenvalue weighted by atomic mass is 10.1. The van der Waals surface area contributed by atoms with Crippen LogP contribution in [-0.2, 0) is 26.2 Å². The topological polar surface area (TPSA) is 96.0 Å². The van der Waals surface area contributed by atoms with Gasteiger partial charge in [-0.1, -0.05) is 36.4 Å². The van der Waals surface area contributed by atoms with Crippen molar-refractivity contribution in [2.75, 3.05) is 25.0 Å². The first-order chi connectivity index (χ1) is 17.6. The standard InChI is InChI=1S/C27H30FN3O5S/c1-19-10-15-25(36-4)24(16-19)31(37(34,35)23-8-6-5-7-9-23)18-26(32)30(20(2)27(33)29-3)17-21-11-13-22(28)14-12-21/h5-16,20H,17-18H2,1-4H3,(H,29,33)/t20-/m1/s1. The summed E-state index contributed by atoms with van der Waals surface area (Å²) in [6, 6.07) is 17.4. The molecule has 2 amide bonds. The molecule has 37 heavy (non-hydrogen) atoms. The number of hydrogen-bond acceptors (Lipinski definition) is 5. The Labute approximate surface area is 216 Å². The minimum Gasteiger partial charge on any atom is -0.495 e. The van der Waals surface area contributed by atoms with Crippen molar-refractivity contribution < 1.29 is 27.1 Å². The largest absolute Gasteiger partial charge is 0.495 e. The number of nitrogens with zero attached hydrogens (tertiary/aromatic N) is 2. The monoisotopic (exact) mass is 527 g/mol. The first kappa shape index (κ1) is 27.7. The van der Waals surface area contributed by atoms with Gasteiger partial charge in [-0.3, -0.25) is 13.9 Å². The van der Waals surface area contributed by atoms with Crippen LogP contribution in [0.1, 0.15) is 18.1 Å². The molecule has 1 N–H and O–H groups in total. The SMILES string of the molecule is CNC(=O)[C@@H](C)N(Cc1ccc(F)cc1)C(=O)CN(c1cc(C)ccc1OC)S(=O)(=O)c1ccccc1. The van der Waals surface area contributed by atoms with Gasteiger partial charge in [0.05, 0.1) is 17.7 Å². The molecule has 0 unspecified atom stereocenters. The van der Waals surface area contributed by atoms with E-state index in [0.29, 0.717) is 5.56 Å². The fourth-order valence-corrected chi connectivity index (χ4v) is 5.24. The van der Waals surface area contributed by atoms with E-state index in [0.717, 1.165) is 9.87 Å². The second-order valence-corrected chi connectivity index (χ2v) is 10.3. The lowest BCUT2D eigenvalue weighted by Gasteiger charge is -2.32. The number of sulfonamides is 1. The molecule has 0 aromatic heterocycles. The summed E-state index contributed by atoms with van der Waals surface area (Å²) in [7, 11) is -1.34. The molecule has 1 atom stereocenters. The number of ether oxygens (including phenoxy) is 1. The molecule has 0 bridgehead atoms. The molecule has 3 rings (SSSR count). The Kier molecular flexibility index (Phi) is 8.88. The summed E-state index contributed by atoms with van der Waals surface area (Å²) >= 11 is 0. The number of halogens is 1. The Bertz CT molecular complexity index is 1350. The van der Waals surface area contributed by atoms with Crippen molar-refractivity contribution in [1.29, 1.82) is 0 Å². The second kappa shape index (κ2) is 11.9. The van der Waals surface area contributed by atoms with E-state index in [1.807, 2.05) is 0 Å². The van der Waals surface area contributed by atoms with Gasteiger partial charge in [-0.15, -0.1) is 0 Å². The molecule has 0 aliphatic heterocycles. The molecule has 0 radical (unpaired) electrons. The summed E-state index contributed by atoms with van der Waals surface area (Å²) < 4.78 is 47.5. The highest BCUT2D eigenvalue weighted by Gasteiger charge is 2.33. The quantitative estimate of drug-likeness (QED) is 0.436. The molecule has 196 valence electrons. The van der Waals surface area contributed by atoms with Gasteiger partial charge in [-0.05, 0) is 61.4 Å². The number of nitrogens with one attached hydrogen (secondary N) is 1. The number of rotatable bonds is 10. The van der Waals surface area contributed by atoms with E-state index in [1.165, 1.54) is 55.5 Å². The fourth-order valence-electron chi connectivity index (χ4n) is 3.81. The number of methoxy groups -OCH3 is 1. The molecule has 0 aliphatic carbocycles. The summed E-state index contributed by atoms with van der Waals surface area (Å²) in [5.74, 6) is -1.22. The number of amides is 2. The van der Waals surface area contributed by atoms with Gasteiger partial charge >= 0.3 is 0 Å². The van der Waals surface area contributed by atoms with Crippen LogP contribution in [0.15, 0.2) is 77.7 Å². The van der Waals surface area contributed by atoms with Crippen molar-refractivity contribution in [3.8, 4) is 5.75 Å². The first-order valence-electron chi connectivity index (χ1n) is 11.6. The molecule has 8 nitrogen and oxygen atoms in total. The third kappa shape index (κ3) is 6.45. The first-order valence-corrected chi connectivity index (χ1v) is 13.0. The average molecular weight is 528 g/mol. The van der Waals surface area contributed by atoms with Crippen LogP contribution < -0.4 is 14.4 Å². The van der Waals surface area contributed by atoms with E-state index in [4.69, 9.17) is 4.74 Å². The summed E-state index contributed by atoms with van der Waals surface area (Å²) in [6.07, 6.45) is 0. The van der Waals surface area contributed by atoms with Crippen molar-refractivity contribution in [3.05, 3.63) is 89.7 Å². The van der Waals surface area contributed by atoms with Crippen LogP contribution >= 0.6 is 0 Å². The van der Waals surface area contributed by atoms with E-state index >= 15 is 0 Å². The average Bonchev–Trinajstić information content (AvgIpc) is 2.90. The van der Waals surface area contributed by atoms with Gasteiger partial charge in [0.2, 0.25) is 11.8 Å². The Hall–Kier alpha value is -3.92. The Morgan fingerprint density at radius 1 is 1.03 bits per heavy atom. The van der Waals surface area contributed by atoms with Crippen LogP contribution in [0.4, 0.5) is 10.1 Å². The van der Waals surface area contributed by atoms with Gasteiger partial charge < -0.3 is 15.0 Å². The lowest BCUT2D eigenvalue weighted by Crippen LogP contribution is -2.50. The molecule has 0 heterocycles.